The number of Topliss-reactive ketones (excluding diaryl/α,β-unsaturated/α-hetero) is 2. The first-order valence-electron chi connectivity index (χ1n) is 14.9. The van der Waals surface area contributed by atoms with Crippen LogP contribution in [-0.2, 0) is 5.41 Å². The summed E-state index contributed by atoms with van der Waals surface area (Å²) in [4.78, 5) is 28.6. The summed E-state index contributed by atoms with van der Waals surface area (Å²) in [6.07, 6.45) is 1.54. The summed E-state index contributed by atoms with van der Waals surface area (Å²) in [5.74, 6) is 0.440. The zero-order valence-corrected chi connectivity index (χ0v) is 27.4. The van der Waals surface area contributed by atoms with Crippen molar-refractivity contribution in [3.05, 3.63) is 139 Å². The van der Waals surface area contributed by atoms with Gasteiger partial charge < -0.3 is 9.32 Å². The van der Waals surface area contributed by atoms with Crippen molar-refractivity contribution in [3.63, 3.8) is 0 Å². The summed E-state index contributed by atoms with van der Waals surface area (Å²) < 4.78 is 6.38. The van der Waals surface area contributed by atoms with Gasteiger partial charge in [-0.15, -0.1) is 0 Å². The van der Waals surface area contributed by atoms with Crippen molar-refractivity contribution >= 4 is 57.9 Å². The number of furan rings is 1. The molecule has 45 heavy (non-hydrogen) atoms. The van der Waals surface area contributed by atoms with Crippen LogP contribution in [0.5, 0.6) is 0 Å². The number of aryl methyl sites for hydroxylation is 4. The lowest BCUT2D eigenvalue weighted by molar-refractivity contribution is 0.0990. The summed E-state index contributed by atoms with van der Waals surface area (Å²) in [6, 6.07) is 24.6. The average molecular weight is 633 g/mol. The Kier molecular flexibility index (Phi) is 6.74. The molecule has 1 aromatic heterocycles. The van der Waals surface area contributed by atoms with Crippen molar-refractivity contribution in [1.29, 1.82) is 0 Å². The molecule has 0 amide bonds. The van der Waals surface area contributed by atoms with Gasteiger partial charge in [0.05, 0.1) is 15.6 Å². The van der Waals surface area contributed by atoms with Crippen LogP contribution in [0.4, 0.5) is 17.1 Å². The second-order valence-electron chi connectivity index (χ2n) is 12.8. The molecule has 0 saturated carbocycles. The number of anilines is 3. The third kappa shape index (κ3) is 4.75. The Morgan fingerprint density at radius 1 is 0.622 bits per heavy atom. The Bertz CT molecular complexity index is 2020. The second-order valence-corrected chi connectivity index (χ2v) is 13.6. The molecule has 0 bridgehead atoms. The van der Waals surface area contributed by atoms with Gasteiger partial charge in [0.15, 0.2) is 11.6 Å². The molecule has 1 heterocycles. The number of hydrogen-bond acceptors (Lipinski definition) is 4. The third-order valence-electron chi connectivity index (χ3n) is 8.86. The number of fused-ring (bicyclic) bond motifs is 4. The van der Waals surface area contributed by atoms with Crippen LogP contribution >= 0.6 is 23.2 Å². The summed E-state index contributed by atoms with van der Waals surface area (Å²) >= 11 is 12.3. The molecule has 2 aliphatic carbocycles. The maximum absolute atomic E-state index is 13.2. The molecule has 0 radical (unpaired) electrons. The highest BCUT2D eigenvalue weighted by atomic mass is 35.5. The maximum Gasteiger partial charge on any atom is 0.197 e. The molecule has 0 atom stereocenters. The highest BCUT2D eigenvalue weighted by Crippen LogP contribution is 2.52. The summed E-state index contributed by atoms with van der Waals surface area (Å²) in [5.41, 5.74) is 11.4. The van der Waals surface area contributed by atoms with E-state index in [9.17, 15) is 9.59 Å². The molecule has 4 nitrogen and oxygen atoms in total. The number of hydrogen-bond donors (Lipinski definition) is 0. The number of allylic oxidation sites excluding steroid dienone is 1. The van der Waals surface area contributed by atoms with Crippen LogP contribution in [0, 0.1) is 27.7 Å². The molecule has 4 aromatic carbocycles. The van der Waals surface area contributed by atoms with Gasteiger partial charge in [-0.2, -0.15) is 0 Å². The zero-order chi connectivity index (χ0) is 31.9. The lowest BCUT2D eigenvalue weighted by Gasteiger charge is -2.29. The molecule has 0 spiro atoms. The van der Waals surface area contributed by atoms with Crippen LogP contribution in [0.15, 0.2) is 82.8 Å². The lowest BCUT2D eigenvalue weighted by Crippen LogP contribution is -2.16. The SMILES string of the molecule is Cc1cc(C)cc(N(c2cc(C)cc(C)c2)c2ccc3c(c2)C(C)(C)c2cc(C=C4C(=O)c5cc(Cl)c(Cl)cc5C4=O)oc2-3)c1. The van der Waals surface area contributed by atoms with Gasteiger partial charge in [-0.3, -0.25) is 9.59 Å². The number of nitrogens with zero attached hydrogens (tertiary/aromatic N) is 1. The number of halogens is 2. The van der Waals surface area contributed by atoms with Crippen molar-refractivity contribution in [2.24, 2.45) is 0 Å². The van der Waals surface area contributed by atoms with E-state index in [0.29, 0.717) is 5.76 Å². The predicted octanol–water partition coefficient (Wildman–Crippen LogP) is 11.1. The van der Waals surface area contributed by atoms with Crippen molar-refractivity contribution in [1.82, 2.24) is 0 Å². The number of benzene rings is 4. The summed E-state index contributed by atoms with van der Waals surface area (Å²) in [7, 11) is 0. The molecule has 224 valence electrons. The molecular weight excluding hydrogens is 601 g/mol. The minimum atomic E-state index is -0.384. The highest BCUT2D eigenvalue weighted by molar-refractivity contribution is 6.46. The first kappa shape index (κ1) is 29.3. The van der Waals surface area contributed by atoms with Crippen molar-refractivity contribution in [3.8, 4) is 11.3 Å². The van der Waals surface area contributed by atoms with E-state index in [-0.39, 0.29) is 43.7 Å². The number of carbonyl (C=O) groups excluding carboxylic acids is 2. The van der Waals surface area contributed by atoms with E-state index in [1.807, 2.05) is 6.07 Å². The van der Waals surface area contributed by atoms with Crippen LogP contribution in [0.3, 0.4) is 0 Å². The molecular formula is C39H31Cl2NO3. The van der Waals surface area contributed by atoms with Crippen molar-refractivity contribution in [2.75, 3.05) is 4.90 Å². The lowest BCUT2D eigenvalue weighted by atomic mass is 9.82. The molecule has 0 unspecified atom stereocenters. The fraction of sp³-hybridized carbons (Fsp3) is 0.179. The molecule has 6 heteroatoms. The number of rotatable bonds is 4. The Morgan fingerprint density at radius 3 is 1.64 bits per heavy atom. The minimum Gasteiger partial charge on any atom is -0.456 e. The normalized spacial score (nSPS) is 14.4. The topological polar surface area (TPSA) is 50.5 Å². The number of ketones is 2. The smallest absolute Gasteiger partial charge is 0.197 e. The van der Waals surface area contributed by atoms with E-state index >= 15 is 0 Å². The van der Waals surface area contributed by atoms with E-state index in [1.165, 1.54) is 40.5 Å². The largest absolute Gasteiger partial charge is 0.456 e. The van der Waals surface area contributed by atoms with Gasteiger partial charge in [-0.1, -0.05) is 49.2 Å². The van der Waals surface area contributed by atoms with Gasteiger partial charge in [0.2, 0.25) is 0 Å². The Hall–Kier alpha value is -4.38. The van der Waals surface area contributed by atoms with Crippen LogP contribution in [0.2, 0.25) is 10.0 Å². The van der Waals surface area contributed by atoms with Gasteiger partial charge in [-0.25, -0.2) is 0 Å². The van der Waals surface area contributed by atoms with E-state index in [2.05, 4.69) is 101 Å². The average Bonchev–Trinajstić information content (AvgIpc) is 3.54. The van der Waals surface area contributed by atoms with Gasteiger partial charge in [0.1, 0.15) is 11.5 Å². The number of carbonyl (C=O) groups is 2. The monoisotopic (exact) mass is 631 g/mol. The van der Waals surface area contributed by atoms with Crippen LogP contribution in [0.1, 0.15) is 73.7 Å². The van der Waals surface area contributed by atoms with Crippen LogP contribution in [-0.4, -0.2) is 11.6 Å². The summed E-state index contributed by atoms with van der Waals surface area (Å²) in [6.45, 7) is 12.9. The van der Waals surface area contributed by atoms with Crippen LogP contribution < -0.4 is 4.90 Å². The molecule has 0 aliphatic heterocycles. The van der Waals surface area contributed by atoms with Crippen molar-refractivity contribution < 1.29 is 14.0 Å². The van der Waals surface area contributed by atoms with Gasteiger partial charge in [-0.05, 0) is 122 Å². The maximum atomic E-state index is 13.2. The molecule has 2 aliphatic rings. The van der Waals surface area contributed by atoms with Gasteiger partial charge in [0.25, 0.3) is 0 Å². The second kappa shape index (κ2) is 10.3. The Balaban J connectivity index is 1.31. The molecule has 5 aromatic rings. The van der Waals surface area contributed by atoms with E-state index in [4.69, 9.17) is 27.6 Å². The minimum absolute atomic E-state index is 0.0432. The van der Waals surface area contributed by atoms with E-state index < -0.39 is 0 Å². The van der Waals surface area contributed by atoms with Gasteiger partial charge in [0, 0.05) is 44.7 Å². The quantitative estimate of drug-likeness (QED) is 0.146. The third-order valence-corrected chi connectivity index (χ3v) is 9.58. The highest BCUT2D eigenvalue weighted by Gasteiger charge is 2.40. The fourth-order valence-electron chi connectivity index (χ4n) is 6.87. The predicted molar refractivity (Wildman–Crippen MR) is 183 cm³/mol. The molecule has 7 rings (SSSR count). The molecule has 0 N–H and O–H groups in total. The molecule has 0 saturated heterocycles. The van der Waals surface area contributed by atoms with Crippen LogP contribution in [0.25, 0.3) is 17.4 Å². The van der Waals surface area contributed by atoms with Crippen molar-refractivity contribution in [2.45, 2.75) is 47.0 Å². The van der Waals surface area contributed by atoms with E-state index in [0.717, 1.165) is 39.5 Å². The standard InChI is InChI=1S/C39H31Cl2NO3/c1-20-9-21(2)12-25(11-20)42(26-13-22(3)10-23(4)14-26)24-7-8-28-32(15-24)39(5,6)33-17-27(45-38(28)33)16-31-36(43)29-18-34(40)35(41)19-30(29)37(31)44/h7-19H,1-6H3. The summed E-state index contributed by atoms with van der Waals surface area (Å²) in [5, 5.41) is 0.474. The Morgan fingerprint density at radius 2 is 1.13 bits per heavy atom. The molecule has 0 fully saturated rings. The Labute approximate surface area is 272 Å². The van der Waals surface area contributed by atoms with E-state index in [1.54, 1.807) is 0 Å². The fourth-order valence-corrected chi connectivity index (χ4v) is 7.20. The first-order valence-corrected chi connectivity index (χ1v) is 15.6. The zero-order valence-electron chi connectivity index (χ0n) is 25.9. The van der Waals surface area contributed by atoms with Gasteiger partial charge >= 0.3 is 0 Å². The first-order chi connectivity index (χ1) is 21.3.